The molecule has 0 fully saturated rings. The molecule has 0 aliphatic rings. The maximum absolute atomic E-state index is 12.2. The van der Waals surface area contributed by atoms with E-state index in [2.05, 4.69) is 54.6 Å². The molecule has 0 bridgehead atoms. The topological polar surface area (TPSA) is 117 Å². The van der Waals surface area contributed by atoms with E-state index in [1.54, 1.807) is 12.3 Å². The van der Waals surface area contributed by atoms with Crippen LogP contribution in [0.3, 0.4) is 0 Å². The molecule has 0 aliphatic carbocycles. The number of hydrogen-bond acceptors (Lipinski definition) is 7. The zero-order chi connectivity index (χ0) is 26.8. The lowest BCUT2D eigenvalue weighted by atomic mass is 10.0. The second-order valence-corrected chi connectivity index (χ2v) is 10.5. The molecular formula is C29H23N7O2S. The number of para-hydroxylation sites is 1. The third-order valence-corrected chi connectivity index (χ3v) is 7.26. The average molecular weight is 534 g/mol. The smallest absolute Gasteiger partial charge is 0.255 e. The molecule has 0 amide bonds. The Bertz CT molecular complexity index is 1920. The lowest BCUT2D eigenvalue weighted by Crippen LogP contribution is -2.15. The number of anilines is 4. The number of fused-ring (bicyclic) bond motifs is 2. The van der Waals surface area contributed by atoms with Crippen molar-refractivity contribution >= 4 is 54.8 Å². The van der Waals surface area contributed by atoms with E-state index in [1.807, 2.05) is 54.6 Å². The van der Waals surface area contributed by atoms with Gasteiger partial charge in [-0.1, -0.05) is 55.1 Å². The average Bonchev–Trinajstić information content (AvgIpc) is 3.43. The number of pyridine rings is 1. The van der Waals surface area contributed by atoms with Gasteiger partial charge in [0.15, 0.2) is 0 Å². The number of benzene rings is 3. The number of rotatable bonds is 8. The van der Waals surface area contributed by atoms with E-state index >= 15 is 0 Å². The molecule has 0 radical (unpaired) electrons. The van der Waals surface area contributed by atoms with Crippen LogP contribution in [0.1, 0.15) is 11.1 Å². The summed E-state index contributed by atoms with van der Waals surface area (Å²) in [6.07, 6.45) is 5.48. The summed E-state index contributed by atoms with van der Waals surface area (Å²) in [7, 11) is -3.75. The molecule has 0 spiro atoms. The summed E-state index contributed by atoms with van der Waals surface area (Å²) in [6.45, 7) is 3.36. The van der Waals surface area contributed by atoms with Gasteiger partial charge in [0.1, 0.15) is 18.0 Å². The van der Waals surface area contributed by atoms with Gasteiger partial charge in [0.25, 0.3) is 10.0 Å². The number of nitrogens with zero attached hydrogens (tertiary/aromatic N) is 5. The van der Waals surface area contributed by atoms with Gasteiger partial charge in [-0.2, -0.15) is 5.10 Å². The lowest BCUT2D eigenvalue weighted by molar-refractivity contribution is 0.609. The molecule has 6 aromatic rings. The molecule has 2 N–H and O–H groups in total. The second-order valence-electron chi connectivity index (χ2n) is 8.87. The van der Waals surface area contributed by atoms with Gasteiger partial charge in [-0.05, 0) is 47.9 Å². The van der Waals surface area contributed by atoms with Crippen molar-refractivity contribution in [3.63, 3.8) is 0 Å². The molecule has 9 nitrogen and oxygen atoms in total. The molecule has 0 saturated heterocycles. The predicted molar refractivity (Wildman–Crippen MR) is 154 cm³/mol. The Labute approximate surface area is 224 Å². The molecule has 39 heavy (non-hydrogen) atoms. The molecule has 0 aliphatic heterocycles. The van der Waals surface area contributed by atoms with Crippen LogP contribution in [0, 0.1) is 0 Å². The second kappa shape index (κ2) is 9.99. The van der Waals surface area contributed by atoms with Crippen LogP contribution < -0.4 is 9.62 Å². The van der Waals surface area contributed by atoms with Gasteiger partial charge in [0.05, 0.1) is 29.1 Å². The molecule has 3 aromatic heterocycles. The third-order valence-electron chi connectivity index (χ3n) is 6.33. The van der Waals surface area contributed by atoms with Gasteiger partial charge in [0, 0.05) is 21.9 Å². The normalized spacial score (nSPS) is 11.5. The first kappa shape index (κ1) is 24.3. The summed E-state index contributed by atoms with van der Waals surface area (Å²) >= 11 is 0. The Morgan fingerprint density at radius 2 is 1.74 bits per heavy atom. The van der Waals surface area contributed by atoms with Crippen LogP contribution in [-0.4, -0.2) is 33.6 Å². The Balaban J connectivity index is 1.58. The molecule has 0 atom stereocenters. The molecule has 3 heterocycles. The minimum Gasteiger partial charge on any atom is -0.294 e. The first-order valence-electron chi connectivity index (χ1n) is 12.1. The van der Waals surface area contributed by atoms with E-state index in [0.29, 0.717) is 23.1 Å². The Morgan fingerprint density at radius 1 is 0.923 bits per heavy atom. The van der Waals surface area contributed by atoms with Crippen LogP contribution in [0.5, 0.6) is 0 Å². The number of nitrogens with one attached hydrogen (secondary N) is 2. The van der Waals surface area contributed by atoms with E-state index < -0.39 is 10.0 Å². The summed E-state index contributed by atoms with van der Waals surface area (Å²) in [5.74, 6) is 0.714. The highest BCUT2D eigenvalue weighted by atomic mass is 32.2. The van der Waals surface area contributed by atoms with Gasteiger partial charge in [0.2, 0.25) is 0 Å². The van der Waals surface area contributed by atoms with E-state index in [4.69, 9.17) is 4.98 Å². The van der Waals surface area contributed by atoms with Gasteiger partial charge in [-0.3, -0.25) is 14.7 Å². The van der Waals surface area contributed by atoms with Gasteiger partial charge in [-0.15, -0.1) is 0 Å². The van der Waals surface area contributed by atoms with E-state index in [9.17, 15) is 8.42 Å². The van der Waals surface area contributed by atoms with Crippen LogP contribution in [0.2, 0.25) is 0 Å². The highest BCUT2D eigenvalue weighted by molar-refractivity contribution is 7.95. The zero-order valence-electron chi connectivity index (χ0n) is 20.7. The van der Waals surface area contributed by atoms with Crippen LogP contribution in [0.25, 0.3) is 21.8 Å². The number of sulfonamides is 1. The van der Waals surface area contributed by atoms with Crippen molar-refractivity contribution in [2.45, 2.75) is 6.42 Å². The summed E-state index contributed by atoms with van der Waals surface area (Å²) in [5, 5.41) is 9.58. The number of aromatic nitrogens is 5. The van der Waals surface area contributed by atoms with Crippen LogP contribution in [-0.2, 0) is 16.4 Å². The summed E-state index contributed by atoms with van der Waals surface area (Å²) in [5.41, 5.74) is 5.52. The van der Waals surface area contributed by atoms with Crippen molar-refractivity contribution in [1.82, 2.24) is 25.1 Å². The SMILES string of the molecule is C=CS(=O)(=O)Nc1cc2c(N(c3ccc4[nH]ncc4c3)c3ccccc3Cc3ccccc3)ncnc2cn1. The van der Waals surface area contributed by atoms with Crippen LogP contribution in [0.4, 0.5) is 23.0 Å². The first-order valence-corrected chi connectivity index (χ1v) is 13.7. The quantitative estimate of drug-likeness (QED) is 0.252. The van der Waals surface area contributed by atoms with Gasteiger partial charge >= 0.3 is 0 Å². The van der Waals surface area contributed by atoms with Crippen LogP contribution in [0.15, 0.2) is 110 Å². The molecule has 10 heteroatoms. The summed E-state index contributed by atoms with van der Waals surface area (Å²) in [6, 6.07) is 26.0. The largest absolute Gasteiger partial charge is 0.294 e. The minimum absolute atomic E-state index is 0.140. The molecule has 3 aromatic carbocycles. The predicted octanol–water partition coefficient (Wildman–Crippen LogP) is 5.85. The molecule has 192 valence electrons. The molecule has 0 saturated carbocycles. The lowest BCUT2D eigenvalue weighted by Gasteiger charge is -2.27. The fraction of sp³-hybridized carbons (Fsp3) is 0.0345. The van der Waals surface area contributed by atoms with Crippen LogP contribution >= 0.6 is 0 Å². The van der Waals surface area contributed by atoms with Crippen molar-refractivity contribution in [3.05, 3.63) is 121 Å². The molecule has 6 rings (SSSR count). The zero-order valence-corrected chi connectivity index (χ0v) is 21.5. The van der Waals surface area contributed by atoms with E-state index in [0.717, 1.165) is 33.2 Å². The van der Waals surface area contributed by atoms with Crippen molar-refractivity contribution in [2.24, 2.45) is 0 Å². The van der Waals surface area contributed by atoms with Crippen molar-refractivity contribution in [2.75, 3.05) is 9.62 Å². The number of aromatic amines is 1. The Hall–Kier alpha value is -5.09. The van der Waals surface area contributed by atoms with Crippen molar-refractivity contribution in [3.8, 4) is 0 Å². The fourth-order valence-corrected chi connectivity index (χ4v) is 4.99. The Morgan fingerprint density at radius 3 is 2.59 bits per heavy atom. The highest BCUT2D eigenvalue weighted by Crippen LogP contribution is 2.40. The first-order chi connectivity index (χ1) is 19.0. The van der Waals surface area contributed by atoms with Gasteiger partial charge in [-0.25, -0.2) is 23.4 Å². The summed E-state index contributed by atoms with van der Waals surface area (Å²) in [4.78, 5) is 15.4. The highest BCUT2D eigenvalue weighted by Gasteiger charge is 2.21. The van der Waals surface area contributed by atoms with E-state index in [1.165, 1.54) is 18.1 Å². The fourth-order valence-electron chi connectivity index (χ4n) is 4.51. The van der Waals surface area contributed by atoms with E-state index in [-0.39, 0.29) is 5.82 Å². The van der Waals surface area contributed by atoms with Crippen molar-refractivity contribution < 1.29 is 8.42 Å². The standard InChI is InChI=1S/C29H23N7O2S/c1-2-39(37,38)35-28-16-24-26(18-30-28)31-19-32-29(24)36(23-12-13-25-22(15-23)17-33-34-25)27-11-7-6-10-21(27)14-20-8-4-3-5-9-20/h2-13,15-19H,1,14H2,(H,30,35)(H,33,34). The summed E-state index contributed by atoms with van der Waals surface area (Å²) < 4.78 is 26.8. The molecule has 0 unspecified atom stereocenters. The Kier molecular flexibility index (Phi) is 6.22. The third kappa shape index (κ3) is 4.92. The number of hydrogen-bond donors (Lipinski definition) is 2. The minimum atomic E-state index is -3.75. The molecular weight excluding hydrogens is 510 g/mol. The maximum Gasteiger partial charge on any atom is 0.255 e. The van der Waals surface area contributed by atoms with Crippen molar-refractivity contribution in [1.29, 1.82) is 0 Å². The number of H-pyrrole nitrogens is 1. The van der Waals surface area contributed by atoms with Gasteiger partial charge < -0.3 is 0 Å². The maximum atomic E-state index is 12.2. The monoisotopic (exact) mass is 533 g/mol.